The molecule has 18 heavy (non-hydrogen) atoms. The quantitative estimate of drug-likeness (QED) is 0.876. The van der Waals surface area contributed by atoms with Crippen molar-refractivity contribution in [3.8, 4) is 0 Å². The molecule has 0 saturated carbocycles. The maximum atomic E-state index is 6.11. The highest BCUT2D eigenvalue weighted by Crippen LogP contribution is 2.30. The Morgan fingerprint density at radius 1 is 1.00 bits per heavy atom. The van der Waals surface area contributed by atoms with Crippen LogP contribution in [-0.4, -0.2) is 14.1 Å². The molecule has 0 heterocycles. The van der Waals surface area contributed by atoms with E-state index in [1.807, 2.05) is 50.5 Å². The zero-order valence-electron chi connectivity index (χ0n) is 10.6. The first-order chi connectivity index (χ1) is 8.76. The van der Waals surface area contributed by atoms with Gasteiger partial charge in [0.1, 0.15) is 0 Å². The predicted molar refractivity (Wildman–Crippen MR) is 78.3 cm³/mol. The van der Waals surface area contributed by atoms with E-state index in [1.54, 1.807) is 0 Å². The van der Waals surface area contributed by atoms with Gasteiger partial charge in [0.2, 0.25) is 0 Å². The SMILES string of the molecule is CNc1ccc(Cl)cc1[C@H](NC)c1ccccc1. The predicted octanol–water partition coefficient (Wildman–Crippen LogP) is 3.69. The largest absolute Gasteiger partial charge is 0.388 e. The first-order valence-corrected chi connectivity index (χ1v) is 6.33. The topological polar surface area (TPSA) is 24.1 Å². The number of nitrogens with one attached hydrogen (secondary N) is 2. The molecular formula is C15H17ClN2. The monoisotopic (exact) mass is 260 g/mol. The summed E-state index contributed by atoms with van der Waals surface area (Å²) in [6, 6.07) is 16.4. The third kappa shape index (κ3) is 2.66. The summed E-state index contributed by atoms with van der Waals surface area (Å²) in [6.45, 7) is 0. The van der Waals surface area contributed by atoms with E-state index < -0.39 is 0 Å². The maximum Gasteiger partial charge on any atom is 0.0595 e. The molecule has 0 spiro atoms. The van der Waals surface area contributed by atoms with Gasteiger partial charge in [0.15, 0.2) is 0 Å². The fraction of sp³-hybridized carbons (Fsp3) is 0.200. The van der Waals surface area contributed by atoms with Crippen LogP contribution in [0.1, 0.15) is 17.2 Å². The lowest BCUT2D eigenvalue weighted by Crippen LogP contribution is -2.18. The first kappa shape index (κ1) is 12.9. The second kappa shape index (κ2) is 5.89. The molecule has 0 unspecified atom stereocenters. The summed E-state index contributed by atoms with van der Waals surface area (Å²) in [7, 11) is 3.88. The number of anilines is 1. The Balaban J connectivity index is 2.48. The highest BCUT2D eigenvalue weighted by molar-refractivity contribution is 6.30. The number of hydrogen-bond donors (Lipinski definition) is 2. The fourth-order valence-electron chi connectivity index (χ4n) is 2.15. The summed E-state index contributed by atoms with van der Waals surface area (Å²) in [6.07, 6.45) is 0. The van der Waals surface area contributed by atoms with Crippen LogP contribution < -0.4 is 10.6 Å². The summed E-state index contributed by atoms with van der Waals surface area (Å²) in [5.74, 6) is 0. The van der Waals surface area contributed by atoms with Crippen molar-refractivity contribution in [2.75, 3.05) is 19.4 Å². The molecule has 0 aliphatic rings. The molecule has 0 radical (unpaired) electrons. The van der Waals surface area contributed by atoms with Crippen molar-refractivity contribution in [1.29, 1.82) is 0 Å². The van der Waals surface area contributed by atoms with E-state index in [0.29, 0.717) is 0 Å². The van der Waals surface area contributed by atoms with Crippen LogP contribution in [0.5, 0.6) is 0 Å². The third-order valence-corrected chi connectivity index (χ3v) is 3.25. The highest BCUT2D eigenvalue weighted by Gasteiger charge is 2.15. The van der Waals surface area contributed by atoms with E-state index in [4.69, 9.17) is 11.6 Å². The molecule has 0 saturated heterocycles. The zero-order chi connectivity index (χ0) is 13.0. The average molecular weight is 261 g/mol. The number of rotatable bonds is 4. The van der Waals surface area contributed by atoms with Gasteiger partial charge < -0.3 is 10.6 Å². The van der Waals surface area contributed by atoms with Gasteiger partial charge in [-0.25, -0.2) is 0 Å². The van der Waals surface area contributed by atoms with Crippen molar-refractivity contribution in [1.82, 2.24) is 5.32 Å². The van der Waals surface area contributed by atoms with Crippen LogP contribution in [0, 0.1) is 0 Å². The number of hydrogen-bond acceptors (Lipinski definition) is 2. The Hall–Kier alpha value is -1.51. The molecule has 0 aliphatic heterocycles. The third-order valence-electron chi connectivity index (χ3n) is 3.02. The van der Waals surface area contributed by atoms with Crippen molar-refractivity contribution in [2.45, 2.75) is 6.04 Å². The van der Waals surface area contributed by atoms with Crippen LogP contribution in [0.25, 0.3) is 0 Å². The molecular weight excluding hydrogens is 244 g/mol. The second-order valence-corrected chi connectivity index (χ2v) is 4.55. The molecule has 1 atom stereocenters. The Morgan fingerprint density at radius 3 is 2.33 bits per heavy atom. The minimum atomic E-state index is 0.132. The van der Waals surface area contributed by atoms with Crippen molar-refractivity contribution >= 4 is 17.3 Å². The average Bonchev–Trinajstić information content (AvgIpc) is 2.41. The lowest BCUT2D eigenvalue weighted by molar-refractivity contribution is 0.693. The van der Waals surface area contributed by atoms with Gasteiger partial charge >= 0.3 is 0 Å². The molecule has 0 amide bonds. The molecule has 0 aromatic heterocycles. The van der Waals surface area contributed by atoms with Crippen LogP contribution in [0.2, 0.25) is 5.02 Å². The number of halogens is 1. The van der Waals surface area contributed by atoms with Crippen molar-refractivity contribution in [3.05, 3.63) is 64.7 Å². The molecule has 0 bridgehead atoms. The summed E-state index contributed by atoms with van der Waals surface area (Å²) in [4.78, 5) is 0. The van der Waals surface area contributed by atoms with Gasteiger partial charge in [-0.3, -0.25) is 0 Å². The van der Waals surface area contributed by atoms with Gasteiger partial charge in [-0.15, -0.1) is 0 Å². The van der Waals surface area contributed by atoms with Gasteiger partial charge in [0, 0.05) is 17.8 Å². The smallest absolute Gasteiger partial charge is 0.0595 e. The van der Waals surface area contributed by atoms with Crippen LogP contribution in [-0.2, 0) is 0 Å². The Labute approximate surface area is 113 Å². The Kier molecular flexibility index (Phi) is 4.24. The van der Waals surface area contributed by atoms with Gasteiger partial charge in [0.25, 0.3) is 0 Å². The van der Waals surface area contributed by atoms with Gasteiger partial charge in [0.05, 0.1) is 6.04 Å². The lowest BCUT2D eigenvalue weighted by atomic mass is 9.97. The first-order valence-electron chi connectivity index (χ1n) is 5.95. The van der Waals surface area contributed by atoms with Crippen LogP contribution in [0.4, 0.5) is 5.69 Å². The molecule has 2 nitrogen and oxygen atoms in total. The van der Waals surface area contributed by atoms with Gasteiger partial charge in [-0.1, -0.05) is 41.9 Å². The Bertz CT molecular complexity index is 511. The van der Waals surface area contributed by atoms with Crippen molar-refractivity contribution in [2.24, 2.45) is 0 Å². The summed E-state index contributed by atoms with van der Waals surface area (Å²) in [5.41, 5.74) is 3.46. The molecule has 2 N–H and O–H groups in total. The van der Waals surface area contributed by atoms with Crippen molar-refractivity contribution < 1.29 is 0 Å². The summed E-state index contributed by atoms with van der Waals surface area (Å²) < 4.78 is 0. The minimum Gasteiger partial charge on any atom is -0.388 e. The normalized spacial score (nSPS) is 12.2. The van der Waals surface area contributed by atoms with E-state index in [-0.39, 0.29) is 6.04 Å². The van der Waals surface area contributed by atoms with E-state index in [9.17, 15) is 0 Å². The van der Waals surface area contributed by atoms with Gasteiger partial charge in [-0.05, 0) is 36.4 Å². The van der Waals surface area contributed by atoms with Crippen LogP contribution in [0.3, 0.4) is 0 Å². The van der Waals surface area contributed by atoms with Crippen molar-refractivity contribution in [3.63, 3.8) is 0 Å². The molecule has 0 fully saturated rings. The van der Waals surface area contributed by atoms with E-state index in [1.165, 1.54) is 5.56 Å². The Morgan fingerprint density at radius 2 is 1.72 bits per heavy atom. The molecule has 94 valence electrons. The molecule has 2 rings (SSSR count). The maximum absolute atomic E-state index is 6.11. The molecule has 3 heteroatoms. The fourth-order valence-corrected chi connectivity index (χ4v) is 2.33. The van der Waals surface area contributed by atoms with Gasteiger partial charge in [-0.2, -0.15) is 0 Å². The molecule has 0 aliphatic carbocycles. The second-order valence-electron chi connectivity index (χ2n) is 4.11. The van der Waals surface area contributed by atoms with Crippen LogP contribution in [0.15, 0.2) is 48.5 Å². The number of benzene rings is 2. The minimum absolute atomic E-state index is 0.132. The standard InChI is InChI=1S/C15H17ClN2/c1-17-14-9-8-12(16)10-13(14)15(18-2)11-6-4-3-5-7-11/h3-10,15,17-18H,1-2H3/t15-/m1/s1. The van der Waals surface area contributed by atoms with E-state index >= 15 is 0 Å². The molecule has 2 aromatic carbocycles. The summed E-state index contributed by atoms with van der Waals surface area (Å²) in [5, 5.41) is 7.30. The lowest BCUT2D eigenvalue weighted by Gasteiger charge is -2.20. The highest BCUT2D eigenvalue weighted by atomic mass is 35.5. The molecule has 2 aromatic rings. The van der Waals surface area contributed by atoms with E-state index in [2.05, 4.69) is 22.8 Å². The van der Waals surface area contributed by atoms with E-state index in [0.717, 1.165) is 16.3 Å². The van der Waals surface area contributed by atoms with Crippen LogP contribution >= 0.6 is 11.6 Å². The summed E-state index contributed by atoms with van der Waals surface area (Å²) >= 11 is 6.11. The zero-order valence-corrected chi connectivity index (χ0v) is 11.3.